The standard InChI is InChI=1S/C10H11N3O/c1-13(2)6-5-9-4-3-8(7-11)10(14)12-9/h3-6H,1-2H3,(H,12,14). The lowest BCUT2D eigenvalue weighted by atomic mass is 10.2. The van der Waals surface area contributed by atoms with Crippen molar-refractivity contribution >= 4 is 6.08 Å². The molecule has 0 saturated carbocycles. The van der Waals surface area contributed by atoms with Crippen LogP contribution in [0.15, 0.2) is 23.1 Å². The van der Waals surface area contributed by atoms with E-state index in [4.69, 9.17) is 5.26 Å². The maximum Gasteiger partial charge on any atom is 0.266 e. The molecule has 0 fully saturated rings. The summed E-state index contributed by atoms with van der Waals surface area (Å²) in [5, 5.41) is 8.53. The maximum absolute atomic E-state index is 11.2. The molecule has 0 unspecified atom stereocenters. The van der Waals surface area contributed by atoms with Crippen molar-refractivity contribution in [2.45, 2.75) is 0 Å². The first-order valence-electron chi connectivity index (χ1n) is 4.11. The number of aromatic amines is 1. The Morgan fingerprint density at radius 2 is 2.21 bits per heavy atom. The van der Waals surface area contributed by atoms with Gasteiger partial charge < -0.3 is 9.88 Å². The lowest BCUT2D eigenvalue weighted by Gasteiger charge is -2.02. The van der Waals surface area contributed by atoms with Gasteiger partial charge in [0.05, 0.1) is 0 Å². The van der Waals surface area contributed by atoms with Crippen LogP contribution < -0.4 is 5.56 Å². The molecule has 1 aromatic rings. The Labute approximate surface area is 82.1 Å². The third-order valence-electron chi connectivity index (χ3n) is 1.60. The average Bonchev–Trinajstić information content (AvgIpc) is 2.15. The van der Waals surface area contributed by atoms with Crippen LogP contribution in [0.5, 0.6) is 0 Å². The molecule has 72 valence electrons. The number of H-pyrrole nitrogens is 1. The molecule has 0 spiro atoms. The summed E-state index contributed by atoms with van der Waals surface area (Å²) in [5.41, 5.74) is 0.461. The van der Waals surface area contributed by atoms with Gasteiger partial charge in [0, 0.05) is 26.0 Å². The second kappa shape index (κ2) is 4.28. The Balaban J connectivity index is 3.00. The molecule has 0 aliphatic rings. The van der Waals surface area contributed by atoms with Crippen LogP contribution in [0.4, 0.5) is 0 Å². The maximum atomic E-state index is 11.2. The number of nitrogens with zero attached hydrogens (tertiary/aromatic N) is 2. The normalized spacial score (nSPS) is 10.1. The van der Waals surface area contributed by atoms with Crippen LogP contribution in [0.2, 0.25) is 0 Å². The van der Waals surface area contributed by atoms with Gasteiger partial charge in [0.1, 0.15) is 11.6 Å². The molecule has 0 aliphatic carbocycles. The molecule has 0 radical (unpaired) electrons. The van der Waals surface area contributed by atoms with Gasteiger partial charge in [0.2, 0.25) is 0 Å². The second-order valence-corrected chi connectivity index (χ2v) is 3.05. The predicted molar refractivity (Wildman–Crippen MR) is 54.5 cm³/mol. The van der Waals surface area contributed by atoms with Crippen LogP contribution in [0, 0.1) is 11.3 Å². The monoisotopic (exact) mass is 189 g/mol. The van der Waals surface area contributed by atoms with Crippen molar-refractivity contribution in [2.24, 2.45) is 0 Å². The third kappa shape index (κ3) is 2.49. The van der Waals surface area contributed by atoms with Gasteiger partial charge in [-0.1, -0.05) is 0 Å². The number of nitriles is 1. The van der Waals surface area contributed by atoms with Crippen LogP contribution >= 0.6 is 0 Å². The minimum atomic E-state index is -0.353. The summed E-state index contributed by atoms with van der Waals surface area (Å²) in [6, 6.07) is 5.01. The molecule has 4 heteroatoms. The first-order chi connectivity index (χ1) is 6.63. The van der Waals surface area contributed by atoms with Gasteiger partial charge in [0.25, 0.3) is 5.56 Å². The number of hydrogen-bond donors (Lipinski definition) is 1. The molecule has 1 heterocycles. The Hall–Kier alpha value is -2.02. The lowest BCUT2D eigenvalue weighted by Crippen LogP contribution is -2.10. The molecule has 0 bridgehead atoms. The van der Waals surface area contributed by atoms with Crippen molar-refractivity contribution in [3.05, 3.63) is 39.9 Å². The van der Waals surface area contributed by atoms with Crippen molar-refractivity contribution in [3.63, 3.8) is 0 Å². The largest absolute Gasteiger partial charge is 0.383 e. The van der Waals surface area contributed by atoms with Crippen LogP contribution in [0.3, 0.4) is 0 Å². The Morgan fingerprint density at radius 3 is 2.71 bits per heavy atom. The van der Waals surface area contributed by atoms with Gasteiger partial charge in [-0.3, -0.25) is 4.79 Å². The van der Waals surface area contributed by atoms with Gasteiger partial charge >= 0.3 is 0 Å². The number of nitrogens with one attached hydrogen (secondary N) is 1. The van der Waals surface area contributed by atoms with Crippen molar-refractivity contribution in [1.82, 2.24) is 9.88 Å². The van der Waals surface area contributed by atoms with Crippen LogP contribution in [0.25, 0.3) is 6.08 Å². The summed E-state index contributed by atoms with van der Waals surface area (Å²) in [5.74, 6) is 0. The van der Waals surface area contributed by atoms with Gasteiger partial charge in [-0.2, -0.15) is 5.26 Å². The number of pyridine rings is 1. The van der Waals surface area contributed by atoms with Gasteiger partial charge in [0.15, 0.2) is 0 Å². The fourth-order valence-corrected chi connectivity index (χ4v) is 0.904. The molecular formula is C10H11N3O. The Morgan fingerprint density at radius 1 is 1.50 bits per heavy atom. The first kappa shape index (κ1) is 10.1. The summed E-state index contributed by atoms with van der Waals surface area (Å²) < 4.78 is 0. The van der Waals surface area contributed by atoms with E-state index in [-0.39, 0.29) is 11.1 Å². The van der Waals surface area contributed by atoms with E-state index < -0.39 is 0 Å². The van der Waals surface area contributed by atoms with Gasteiger partial charge in [-0.05, 0) is 18.2 Å². The molecule has 0 aliphatic heterocycles. The SMILES string of the molecule is CN(C)C=Cc1ccc(C#N)c(=O)[nH]1. The second-order valence-electron chi connectivity index (χ2n) is 3.05. The predicted octanol–water partition coefficient (Wildman–Crippen LogP) is 0.779. The highest BCUT2D eigenvalue weighted by atomic mass is 16.1. The molecule has 0 saturated heterocycles. The zero-order valence-corrected chi connectivity index (χ0v) is 8.11. The smallest absolute Gasteiger partial charge is 0.266 e. The molecule has 1 rings (SSSR count). The average molecular weight is 189 g/mol. The molecule has 14 heavy (non-hydrogen) atoms. The number of rotatable bonds is 2. The van der Waals surface area contributed by atoms with Crippen LogP contribution in [-0.2, 0) is 0 Å². The Bertz CT molecular complexity index is 437. The molecule has 0 amide bonds. The van der Waals surface area contributed by atoms with E-state index in [1.165, 1.54) is 6.07 Å². The zero-order chi connectivity index (χ0) is 10.6. The minimum Gasteiger partial charge on any atom is -0.383 e. The van der Waals surface area contributed by atoms with E-state index in [0.717, 1.165) is 0 Å². The topological polar surface area (TPSA) is 59.9 Å². The van der Waals surface area contributed by atoms with E-state index in [9.17, 15) is 4.79 Å². The highest BCUT2D eigenvalue weighted by molar-refractivity contribution is 5.45. The molecule has 0 aromatic carbocycles. The zero-order valence-electron chi connectivity index (χ0n) is 8.11. The summed E-state index contributed by atoms with van der Waals surface area (Å²) in [7, 11) is 3.77. The third-order valence-corrected chi connectivity index (χ3v) is 1.60. The van der Waals surface area contributed by atoms with Crippen LogP contribution in [0.1, 0.15) is 11.3 Å². The van der Waals surface area contributed by atoms with E-state index in [1.54, 1.807) is 12.1 Å². The van der Waals surface area contributed by atoms with Crippen molar-refractivity contribution in [2.75, 3.05) is 14.1 Å². The Kier molecular flexibility index (Phi) is 3.08. The summed E-state index contributed by atoms with van der Waals surface area (Å²) in [4.78, 5) is 15.6. The van der Waals surface area contributed by atoms with E-state index in [0.29, 0.717) is 5.69 Å². The van der Waals surface area contributed by atoms with Crippen LogP contribution in [-0.4, -0.2) is 24.0 Å². The summed E-state index contributed by atoms with van der Waals surface area (Å²) in [6.45, 7) is 0. The molecule has 4 nitrogen and oxygen atoms in total. The fourth-order valence-electron chi connectivity index (χ4n) is 0.904. The van der Waals surface area contributed by atoms with Gasteiger partial charge in [-0.25, -0.2) is 0 Å². The van der Waals surface area contributed by atoms with Gasteiger partial charge in [-0.15, -0.1) is 0 Å². The van der Waals surface area contributed by atoms with Crippen molar-refractivity contribution < 1.29 is 0 Å². The van der Waals surface area contributed by atoms with E-state index in [2.05, 4.69) is 4.98 Å². The number of aromatic nitrogens is 1. The molecule has 0 atom stereocenters. The molecule has 1 aromatic heterocycles. The summed E-state index contributed by atoms with van der Waals surface area (Å²) >= 11 is 0. The highest BCUT2D eigenvalue weighted by Gasteiger charge is 1.96. The summed E-state index contributed by atoms with van der Waals surface area (Å²) in [6.07, 6.45) is 3.58. The molecule has 1 N–H and O–H groups in total. The lowest BCUT2D eigenvalue weighted by molar-refractivity contribution is 0.567. The van der Waals surface area contributed by atoms with Crippen molar-refractivity contribution in [3.8, 4) is 6.07 Å². The quantitative estimate of drug-likeness (QED) is 0.747. The molecular weight excluding hydrogens is 178 g/mol. The minimum absolute atomic E-state index is 0.131. The van der Waals surface area contributed by atoms with Crippen molar-refractivity contribution in [1.29, 1.82) is 5.26 Å². The van der Waals surface area contributed by atoms with E-state index >= 15 is 0 Å². The number of hydrogen-bond acceptors (Lipinski definition) is 3. The first-order valence-corrected chi connectivity index (χ1v) is 4.11. The fraction of sp³-hybridized carbons (Fsp3) is 0.200. The van der Waals surface area contributed by atoms with E-state index in [1.807, 2.05) is 31.3 Å². The highest BCUT2D eigenvalue weighted by Crippen LogP contribution is 1.97.